The Morgan fingerprint density at radius 3 is 2.58 bits per heavy atom. The van der Waals surface area contributed by atoms with Crippen molar-refractivity contribution in [2.45, 2.75) is 57.7 Å². The molecule has 3 N–H and O–H groups in total. The predicted octanol–water partition coefficient (Wildman–Crippen LogP) is 2.47. The van der Waals surface area contributed by atoms with Gasteiger partial charge in [0.05, 0.1) is 6.04 Å². The maximum absolute atomic E-state index is 13.2. The molecule has 1 aliphatic heterocycles. The zero-order chi connectivity index (χ0) is 18.0. The molecule has 0 aromatic carbocycles. The number of nitrogens with zero attached hydrogens (tertiary/aromatic N) is 4. The van der Waals surface area contributed by atoms with E-state index in [1.807, 2.05) is 33.9 Å². The van der Waals surface area contributed by atoms with Crippen LogP contribution in [0.3, 0.4) is 0 Å². The molecule has 0 atom stereocenters. The molecule has 2 rings (SSSR count). The summed E-state index contributed by atoms with van der Waals surface area (Å²) in [5, 5.41) is 26.0. The van der Waals surface area contributed by atoms with Crippen molar-refractivity contribution in [1.29, 1.82) is 5.26 Å². The van der Waals surface area contributed by atoms with Gasteiger partial charge in [0, 0.05) is 29.0 Å². The van der Waals surface area contributed by atoms with Crippen LogP contribution < -0.4 is 10.6 Å². The van der Waals surface area contributed by atoms with Crippen molar-refractivity contribution in [3.8, 4) is 6.19 Å². The van der Waals surface area contributed by atoms with E-state index in [4.69, 9.17) is 5.26 Å². The molecule has 1 saturated heterocycles. The highest BCUT2D eigenvalue weighted by Gasteiger charge is 2.45. The summed E-state index contributed by atoms with van der Waals surface area (Å²) in [5.41, 5.74) is -0.450. The highest BCUT2D eigenvalue weighted by molar-refractivity contribution is 5.94. The number of aliphatic imine (C=N–C) groups is 1. The van der Waals surface area contributed by atoms with Crippen molar-refractivity contribution in [1.82, 2.24) is 15.4 Å². The van der Waals surface area contributed by atoms with Gasteiger partial charge in [-0.05, 0) is 46.6 Å². The second kappa shape index (κ2) is 6.71. The zero-order valence-electron chi connectivity index (χ0n) is 14.3. The fraction of sp³-hybridized carbons (Fsp3) is 0.562. The number of hydroxylamine groups is 2. The summed E-state index contributed by atoms with van der Waals surface area (Å²) < 4.78 is 13.2. The minimum absolute atomic E-state index is 0.103. The molecule has 8 heteroatoms. The van der Waals surface area contributed by atoms with Gasteiger partial charge in [0.15, 0.2) is 6.19 Å². The lowest BCUT2D eigenvalue weighted by Crippen LogP contribution is -2.60. The molecule has 1 aliphatic rings. The van der Waals surface area contributed by atoms with Crippen LogP contribution in [0.5, 0.6) is 0 Å². The van der Waals surface area contributed by atoms with E-state index in [2.05, 4.69) is 20.6 Å². The Bertz CT molecular complexity index is 649. The number of hydrogen-bond donors (Lipinski definition) is 3. The summed E-state index contributed by atoms with van der Waals surface area (Å²) in [7, 11) is 0. The lowest BCUT2D eigenvalue weighted by atomic mass is 9.79. The average molecular weight is 334 g/mol. The first kappa shape index (κ1) is 18.1. The molecule has 0 saturated carbocycles. The van der Waals surface area contributed by atoms with E-state index in [-0.39, 0.29) is 12.0 Å². The smallest absolute Gasteiger partial charge is 0.214 e. The van der Waals surface area contributed by atoms with Crippen LogP contribution in [0, 0.1) is 17.4 Å². The van der Waals surface area contributed by atoms with Gasteiger partial charge in [-0.1, -0.05) is 0 Å². The number of anilines is 1. The van der Waals surface area contributed by atoms with Crippen molar-refractivity contribution in [3.63, 3.8) is 0 Å². The largest absolute Gasteiger partial charge is 0.325 e. The number of hydrogen-bond acceptors (Lipinski definition) is 5. The first-order valence-corrected chi connectivity index (χ1v) is 7.75. The lowest BCUT2D eigenvalue weighted by molar-refractivity contribution is -0.244. The first-order valence-electron chi connectivity index (χ1n) is 7.75. The van der Waals surface area contributed by atoms with Crippen LogP contribution in [0.15, 0.2) is 23.3 Å². The van der Waals surface area contributed by atoms with Gasteiger partial charge in [-0.15, -0.1) is 0 Å². The quantitative estimate of drug-likeness (QED) is 0.253. The van der Waals surface area contributed by atoms with Crippen LogP contribution in [-0.2, 0) is 0 Å². The normalized spacial score (nSPS) is 21.1. The van der Waals surface area contributed by atoms with E-state index in [0.29, 0.717) is 18.5 Å². The van der Waals surface area contributed by atoms with E-state index in [0.717, 1.165) is 0 Å². The van der Waals surface area contributed by atoms with E-state index in [1.54, 1.807) is 6.07 Å². The van der Waals surface area contributed by atoms with Crippen molar-refractivity contribution in [3.05, 3.63) is 24.3 Å². The molecule has 1 aromatic rings. The summed E-state index contributed by atoms with van der Waals surface area (Å²) in [4.78, 5) is 8.06. The molecule has 2 heterocycles. The fourth-order valence-electron chi connectivity index (χ4n) is 3.26. The molecule has 0 bridgehead atoms. The Balaban J connectivity index is 2.22. The third-order valence-corrected chi connectivity index (χ3v) is 4.09. The Kier molecular flexibility index (Phi) is 5.06. The molecular formula is C16H23FN6O. The highest BCUT2D eigenvalue weighted by Crippen LogP contribution is 2.37. The Morgan fingerprint density at radius 1 is 1.42 bits per heavy atom. The number of halogens is 1. The van der Waals surface area contributed by atoms with Crippen LogP contribution in [-0.4, -0.2) is 38.3 Å². The summed E-state index contributed by atoms with van der Waals surface area (Å²) in [6.45, 7) is 7.78. The van der Waals surface area contributed by atoms with Gasteiger partial charge in [0.2, 0.25) is 11.9 Å². The summed E-state index contributed by atoms with van der Waals surface area (Å²) in [5.74, 6) is -0.377. The minimum Gasteiger partial charge on any atom is -0.325 e. The van der Waals surface area contributed by atoms with Gasteiger partial charge in [-0.2, -0.15) is 14.7 Å². The van der Waals surface area contributed by atoms with Gasteiger partial charge < -0.3 is 10.5 Å². The van der Waals surface area contributed by atoms with Crippen LogP contribution in [0.25, 0.3) is 0 Å². The van der Waals surface area contributed by atoms with Crippen molar-refractivity contribution >= 4 is 11.6 Å². The molecule has 1 aromatic heterocycles. The standard InChI is InChI=1S/C16H23FN6O/c1-15(2)8-12(9-16(3,4)23(15)24)22-14(20-10-18)21-11-5-6-19-13(17)7-11/h5-7,12,24H,8-9H2,1-4H3,(H2,19,20,21,22). The summed E-state index contributed by atoms with van der Waals surface area (Å²) in [6, 6.07) is 2.70. The third-order valence-electron chi connectivity index (χ3n) is 4.09. The second-order valence-corrected chi connectivity index (χ2v) is 7.21. The maximum atomic E-state index is 13.2. The zero-order valence-corrected chi connectivity index (χ0v) is 14.3. The molecule has 24 heavy (non-hydrogen) atoms. The first-order chi connectivity index (χ1) is 11.1. The van der Waals surface area contributed by atoms with E-state index in [1.165, 1.54) is 17.3 Å². The van der Waals surface area contributed by atoms with Crippen molar-refractivity contribution in [2.24, 2.45) is 4.99 Å². The van der Waals surface area contributed by atoms with Gasteiger partial charge in [-0.25, -0.2) is 9.98 Å². The molecule has 130 valence electrons. The predicted molar refractivity (Wildman–Crippen MR) is 88.8 cm³/mol. The number of pyridine rings is 1. The topological polar surface area (TPSA) is 96.6 Å². The fourth-order valence-corrected chi connectivity index (χ4v) is 3.26. The maximum Gasteiger partial charge on any atom is 0.214 e. The summed E-state index contributed by atoms with van der Waals surface area (Å²) >= 11 is 0. The van der Waals surface area contributed by atoms with Crippen LogP contribution >= 0.6 is 0 Å². The van der Waals surface area contributed by atoms with Crippen LogP contribution in [0.2, 0.25) is 0 Å². The molecular weight excluding hydrogens is 311 g/mol. The highest BCUT2D eigenvalue weighted by atomic mass is 19.1. The Hall–Kier alpha value is -2.24. The van der Waals surface area contributed by atoms with Crippen molar-refractivity contribution in [2.75, 3.05) is 5.32 Å². The second-order valence-electron chi connectivity index (χ2n) is 7.21. The number of nitriles is 1. The number of aromatic nitrogens is 1. The van der Waals surface area contributed by atoms with E-state index < -0.39 is 17.0 Å². The monoisotopic (exact) mass is 334 g/mol. The van der Waals surface area contributed by atoms with E-state index >= 15 is 0 Å². The third kappa shape index (κ3) is 4.19. The minimum atomic E-state index is -0.618. The number of piperidine rings is 1. The van der Waals surface area contributed by atoms with E-state index in [9.17, 15) is 9.60 Å². The van der Waals surface area contributed by atoms with Gasteiger partial charge >= 0.3 is 0 Å². The Labute approximate surface area is 141 Å². The molecule has 0 amide bonds. The summed E-state index contributed by atoms with van der Waals surface area (Å²) in [6.07, 6.45) is 4.40. The number of nitrogens with one attached hydrogen (secondary N) is 2. The molecule has 1 fully saturated rings. The lowest BCUT2D eigenvalue weighted by Gasteiger charge is -2.50. The Morgan fingerprint density at radius 2 is 2.04 bits per heavy atom. The van der Waals surface area contributed by atoms with Gasteiger partial charge in [0.25, 0.3) is 0 Å². The van der Waals surface area contributed by atoms with Gasteiger partial charge in [-0.3, -0.25) is 5.32 Å². The molecule has 0 radical (unpaired) electrons. The van der Waals surface area contributed by atoms with Crippen molar-refractivity contribution < 1.29 is 9.60 Å². The van der Waals surface area contributed by atoms with Gasteiger partial charge in [0.1, 0.15) is 0 Å². The van der Waals surface area contributed by atoms with Crippen LogP contribution in [0.4, 0.5) is 10.1 Å². The molecule has 0 spiro atoms. The molecule has 7 nitrogen and oxygen atoms in total. The molecule has 0 aliphatic carbocycles. The van der Waals surface area contributed by atoms with Crippen LogP contribution in [0.1, 0.15) is 40.5 Å². The number of guanidine groups is 1. The number of rotatable bonds is 2. The average Bonchev–Trinajstić information content (AvgIpc) is 2.44. The SMILES string of the molecule is CC1(C)CC(N=C(NC#N)Nc2ccnc(F)c2)CC(C)(C)N1O. The molecule has 0 unspecified atom stereocenters.